The molecule has 1 aromatic heterocycles. The minimum absolute atomic E-state index is 0. The Morgan fingerprint density at radius 2 is 2.11 bits per heavy atom. The van der Waals surface area contributed by atoms with Crippen molar-refractivity contribution in [1.82, 2.24) is 4.73 Å². The molecule has 0 aliphatic carbocycles. The van der Waals surface area contributed by atoms with Crippen LogP contribution in [0.25, 0.3) is 0 Å². The second-order valence-corrected chi connectivity index (χ2v) is 1.80. The molecule has 1 heterocycles. The van der Waals surface area contributed by atoms with Crippen molar-refractivity contribution in [2.24, 2.45) is 0 Å². The van der Waals surface area contributed by atoms with Crippen LogP contribution < -0.4 is 0 Å². The third kappa shape index (κ3) is 2.18. The summed E-state index contributed by atoms with van der Waals surface area (Å²) in [5, 5.41) is 8.73. The summed E-state index contributed by atoms with van der Waals surface area (Å²) < 4.78 is 1.32. The largest absolute Gasteiger partial charge is 1.00 e. The van der Waals surface area contributed by atoms with Gasteiger partial charge >= 0.3 is 17.1 Å². The summed E-state index contributed by atoms with van der Waals surface area (Å²) in [7, 11) is 0. The van der Waals surface area contributed by atoms with Gasteiger partial charge in [-0.25, -0.2) is 0 Å². The molecule has 0 aromatic carbocycles. The fourth-order valence-electron chi connectivity index (χ4n) is 0.419. The molecule has 0 aliphatic heterocycles. The average molecular weight is 191 g/mol. The van der Waals surface area contributed by atoms with Crippen molar-refractivity contribution in [3.05, 3.63) is 29.0 Å². The molecular formula is C5H5CuNOS+. The van der Waals surface area contributed by atoms with Crippen molar-refractivity contribution in [1.29, 1.82) is 0 Å². The summed E-state index contributed by atoms with van der Waals surface area (Å²) in [6, 6.07) is 5.13. The van der Waals surface area contributed by atoms with E-state index in [1.807, 2.05) is 0 Å². The van der Waals surface area contributed by atoms with Gasteiger partial charge in [-0.3, -0.25) is 0 Å². The van der Waals surface area contributed by atoms with Gasteiger partial charge in [-0.15, -0.1) is 0 Å². The normalized spacial score (nSPS) is 8.00. The van der Waals surface area contributed by atoms with Crippen molar-refractivity contribution >= 4 is 12.2 Å². The zero-order chi connectivity index (χ0) is 5.98. The number of aromatic nitrogens is 1. The molecule has 0 atom stereocenters. The van der Waals surface area contributed by atoms with Crippen LogP contribution >= 0.6 is 12.2 Å². The van der Waals surface area contributed by atoms with Crippen LogP contribution in [0.4, 0.5) is 0 Å². The molecule has 0 bridgehead atoms. The minimum Gasteiger partial charge on any atom is -0.428 e. The molecule has 0 aliphatic rings. The number of hydrogen-bond donors (Lipinski definition) is 1. The Morgan fingerprint density at radius 1 is 1.44 bits per heavy atom. The van der Waals surface area contributed by atoms with Crippen LogP contribution in [0.1, 0.15) is 0 Å². The summed E-state index contributed by atoms with van der Waals surface area (Å²) in [4.78, 5) is 0. The first kappa shape index (κ1) is 8.69. The first-order valence-electron chi connectivity index (χ1n) is 2.17. The Labute approximate surface area is 68.6 Å². The molecule has 1 rings (SSSR count). The van der Waals surface area contributed by atoms with E-state index in [1.54, 1.807) is 18.2 Å². The second kappa shape index (κ2) is 3.67. The van der Waals surface area contributed by atoms with Gasteiger partial charge in [0.2, 0.25) is 0 Å². The molecule has 0 amide bonds. The van der Waals surface area contributed by atoms with Crippen LogP contribution in [-0.4, -0.2) is 9.94 Å². The van der Waals surface area contributed by atoms with E-state index < -0.39 is 0 Å². The van der Waals surface area contributed by atoms with E-state index in [2.05, 4.69) is 12.2 Å². The predicted octanol–water partition coefficient (Wildman–Crippen LogP) is 1.45. The van der Waals surface area contributed by atoms with E-state index in [0.29, 0.717) is 4.64 Å². The van der Waals surface area contributed by atoms with Crippen LogP contribution in [0.5, 0.6) is 0 Å². The Bertz CT molecular complexity index is 234. The Hall–Kier alpha value is -0.311. The summed E-state index contributed by atoms with van der Waals surface area (Å²) in [5.41, 5.74) is 0. The summed E-state index contributed by atoms with van der Waals surface area (Å²) in [6.07, 6.45) is 1.49. The molecule has 0 unspecified atom stereocenters. The molecule has 0 saturated carbocycles. The van der Waals surface area contributed by atoms with Crippen LogP contribution in [0, 0.1) is 4.64 Å². The van der Waals surface area contributed by atoms with Gasteiger partial charge in [-0.1, -0.05) is 18.3 Å². The third-order valence-electron chi connectivity index (χ3n) is 0.803. The Morgan fingerprint density at radius 3 is 2.44 bits per heavy atom. The fraction of sp³-hybridized carbons (Fsp3) is 0. The number of pyridine rings is 1. The van der Waals surface area contributed by atoms with Crippen LogP contribution in [0.15, 0.2) is 24.4 Å². The number of rotatable bonds is 0. The van der Waals surface area contributed by atoms with Crippen LogP contribution in [0.3, 0.4) is 0 Å². The van der Waals surface area contributed by atoms with Gasteiger partial charge < -0.3 is 5.21 Å². The average Bonchev–Trinajstić information content (AvgIpc) is 1.77. The van der Waals surface area contributed by atoms with Gasteiger partial charge in [-0.05, 0) is 12.1 Å². The topological polar surface area (TPSA) is 25.2 Å². The molecule has 1 aromatic rings. The second-order valence-electron chi connectivity index (χ2n) is 1.38. The van der Waals surface area contributed by atoms with E-state index in [0.717, 1.165) is 4.73 Å². The molecule has 52 valence electrons. The molecule has 1 N–H and O–H groups in total. The standard InChI is InChI=1S/C5H5NOS.Cu/c7-6-4-2-1-3-5(6)8;/h1-4,7H;/q;+1. The summed E-state index contributed by atoms with van der Waals surface area (Å²) >= 11 is 4.67. The molecule has 0 spiro atoms. The van der Waals surface area contributed by atoms with Crippen molar-refractivity contribution in [3.63, 3.8) is 0 Å². The molecule has 9 heavy (non-hydrogen) atoms. The predicted molar refractivity (Wildman–Crippen MR) is 32.5 cm³/mol. The van der Waals surface area contributed by atoms with Gasteiger partial charge in [0.15, 0.2) is 0 Å². The van der Waals surface area contributed by atoms with E-state index in [-0.39, 0.29) is 17.1 Å². The van der Waals surface area contributed by atoms with Crippen molar-refractivity contribution < 1.29 is 22.3 Å². The maximum absolute atomic E-state index is 8.73. The molecule has 0 fully saturated rings. The molecule has 2 nitrogen and oxygen atoms in total. The monoisotopic (exact) mass is 190 g/mol. The first-order chi connectivity index (χ1) is 3.80. The van der Waals surface area contributed by atoms with Gasteiger partial charge in [0.1, 0.15) is 4.64 Å². The molecule has 0 radical (unpaired) electrons. The molecule has 4 heteroatoms. The van der Waals surface area contributed by atoms with Gasteiger partial charge in [0.25, 0.3) is 0 Å². The van der Waals surface area contributed by atoms with Gasteiger partial charge in [0.05, 0.1) is 0 Å². The first-order valence-corrected chi connectivity index (χ1v) is 2.58. The third-order valence-corrected chi connectivity index (χ3v) is 1.13. The van der Waals surface area contributed by atoms with E-state index >= 15 is 0 Å². The van der Waals surface area contributed by atoms with Crippen LogP contribution in [0.2, 0.25) is 0 Å². The quantitative estimate of drug-likeness (QED) is 0.381. The maximum atomic E-state index is 8.73. The maximum Gasteiger partial charge on any atom is 1.00 e. The van der Waals surface area contributed by atoms with Gasteiger partial charge in [-0.2, -0.15) is 4.73 Å². The van der Waals surface area contributed by atoms with Crippen LogP contribution in [-0.2, 0) is 17.1 Å². The minimum atomic E-state index is 0. The van der Waals surface area contributed by atoms with E-state index in [1.165, 1.54) is 6.20 Å². The van der Waals surface area contributed by atoms with Gasteiger partial charge in [0, 0.05) is 6.20 Å². The smallest absolute Gasteiger partial charge is 0.428 e. The van der Waals surface area contributed by atoms with E-state index in [4.69, 9.17) is 5.21 Å². The summed E-state index contributed by atoms with van der Waals surface area (Å²) in [6.45, 7) is 0. The number of hydrogen-bond acceptors (Lipinski definition) is 2. The molecule has 0 saturated heterocycles. The zero-order valence-corrected chi connectivity index (χ0v) is 6.17. The van der Waals surface area contributed by atoms with Crippen molar-refractivity contribution in [3.8, 4) is 0 Å². The molecular weight excluding hydrogens is 186 g/mol. The summed E-state index contributed by atoms with van der Waals surface area (Å²) in [5.74, 6) is 0. The van der Waals surface area contributed by atoms with Crippen molar-refractivity contribution in [2.45, 2.75) is 0 Å². The number of nitrogens with zero attached hydrogens (tertiary/aromatic N) is 1. The Kier molecular flexibility index (Phi) is 3.54. The zero-order valence-electron chi connectivity index (χ0n) is 4.41. The van der Waals surface area contributed by atoms with E-state index in [9.17, 15) is 0 Å². The SMILES string of the molecule is On1ccccc1=S.[Cu+]. The van der Waals surface area contributed by atoms with Crippen molar-refractivity contribution in [2.75, 3.05) is 0 Å². The Balaban J connectivity index is 0.000000640. The fourth-order valence-corrected chi connectivity index (χ4v) is 0.558.